The van der Waals surface area contributed by atoms with E-state index in [9.17, 15) is 9.59 Å². The van der Waals surface area contributed by atoms with Gasteiger partial charge in [0.05, 0.1) is 25.4 Å². The molecule has 0 saturated heterocycles. The second-order valence-electron chi connectivity index (χ2n) is 4.87. The molecule has 5 N–H and O–H groups in total. The molecule has 0 spiro atoms. The van der Waals surface area contributed by atoms with Crippen molar-refractivity contribution in [2.75, 3.05) is 19.8 Å². The van der Waals surface area contributed by atoms with Gasteiger partial charge in [0, 0.05) is 17.7 Å². The van der Waals surface area contributed by atoms with Crippen LogP contribution in [0.15, 0.2) is 24.3 Å². The van der Waals surface area contributed by atoms with Gasteiger partial charge in [-0.3, -0.25) is 9.59 Å². The van der Waals surface area contributed by atoms with E-state index in [2.05, 4.69) is 23.8 Å². The minimum Gasteiger partial charge on any atom is -0.394 e. The number of aliphatic hydroxyl groups is 3. The summed E-state index contributed by atoms with van der Waals surface area (Å²) < 4.78 is 0. The van der Waals surface area contributed by atoms with E-state index in [1.165, 1.54) is 0 Å². The molecule has 0 saturated carbocycles. The average molecular weight is 316 g/mol. The summed E-state index contributed by atoms with van der Waals surface area (Å²) in [6.07, 6.45) is -0.159. The molecule has 7 nitrogen and oxygen atoms in total. The highest BCUT2D eigenvalue weighted by Crippen LogP contribution is 1.92. The summed E-state index contributed by atoms with van der Waals surface area (Å²) in [6.45, 7) is 11.7. The molecule has 2 atom stereocenters. The normalized spacial score (nSPS) is 12.3. The summed E-state index contributed by atoms with van der Waals surface area (Å²) in [5, 5.41) is 30.9. The van der Waals surface area contributed by atoms with E-state index < -0.39 is 6.10 Å². The molecule has 22 heavy (non-hydrogen) atoms. The van der Waals surface area contributed by atoms with Gasteiger partial charge >= 0.3 is 0 Å². The van der Waals surface area contributed by atoms with Crippen molar-refractivity contribution in [3.8, 4) is 0 Å². The molecule has 0 aromatic rings. The van der Waals surface area contributed by atoms with Crippen LogP contribution < -0.4 is 10.6 Å². The number of carbonyl (C=O) groups is 2. The summed E-state index contributed by atoms with van der Waals surface area (Å²) in [6, 6.07) is -0.140. The first-order chi connectivity index (χ1) is 10.2. The predicted octanol–water partition coefficient (Wildman–Crippen LogP) is -0.518. The Kier molecular flexibility index (Phi) is 13.3. The first-order valence-electron chi connectivity index (χ1n) is 6.99. The van der Waals surface area contributed by atoms with Gasteiger partial charge in [-0.15, -0.1) is 0 Å². The SMILES string of the molecule is C=C(C)C(=O)NC(CC)CO.C=C(C)C(=O)NCC(O)CO. The molecule has 2 amide bonds. The topological polar surface area (TPSA) is 119 Å². The molecule has 0 aliphatic carbocycles. The van der Waals surface area contributed by atoms with E-state index >= 15 is 0 Å². The van der Waals surface area contributed by atoms with Crippen LogP contribution in [0.25, 0.3) is 0 Å². The van der Waals surface area contributed by atoms with Gasteiger partial charge in [-0.05, 0) is 20.3 Å². The van der Waals surface area contributed by atoms with Crippen molar-refractivity contribution in [3.05, 3.63) is 24.3 Å². The minimum absolute atomic E-state index is 0.0183. The maximum Gasteiger partial charge on any atom is 0.246 e. The number of carbonyl (C=O) groups excluding carboxylic acids is 2. The third-order valence-corrected chi connectivity index (χ3v) is 2.53. The lowest BCUT2D eigenvalue weighted by Gasteiger charge is -2.13. The van der Waals surface area contributed by atoms with E-state index in [-0.39, 0.29) is 37.6 Å². The highest BCUT2D eigenvalue weighted by Gasteiger charge is 2.08. The van der Waals surface area contributed by atoms with Crippen LogP contribution in [-0.4, -0.2) is 59.0 Å². The standard InChI is InChI=1S/C8H15NO2.C7H13NO3/c1-4-7(5-10)9-8(11)6(2)3;1-5(2)7(11)8-3-6(10)4-9/h7,10H,2,4-5H2,1,3H3,(H,9,11);6,9-10H,1,3-4H2,2H3,(H,8,11). The summed E-state index contributed by atoms with van der Waals surface area (Å²) in [7, 11) is 0. The second-order valence-corrected chi connectivity index (χ2v) is 4.87. The molecule has 2 unspecified atom stereocenters. The first kappa shape index (κ1) is 22.6. The lowest BCUT2D eigenvalue weighted by atomic mass is 10.2. The third-order valence-electron chi connectivity index (χ3n) is 2.53. The molecule has 0 rings (SSSR count). The van der Waals surface area contributed by atoms with Crippen LogP contribution in [0.4, 0.5) is 0 Å². The zero-order chi connectivity index (χ0) is 17.7. The highest BCUT2D eigenvalue weighted by molar-refractivity contribution is 5.92. The fraction of sp³-hybridized carbons (Fsp3) is 0.600. The van der Waals surface area contributed by atoms with Crippen LogP contribution in [0.5, 0.6) is 0 Å². The largest absolute Gasteiger partial charge is 0.394 e. The van der Waals surface area contributed by atoms with Gasteiger partial charge in [0.25, 0.3) is 0 Å². The van der Waals surface area contributed by atoms with E-state index in [1.54, 1.807) is 13.8 Å². The Balaban J connectivity index is 0. The predicted molar refractivity (Wildman–Crippen MR) is 85.0 cm³/mol. The van der Waals surface area contributed by atoms with Crippen molar-refractivity contribution < 1.29 is 24.9 Å². The molecule has 0 radical (unpaired) electrons. The molecule has 7 heteroatoms. The fourth-order valence-electron chi connectivity index (χ4n) is 1.01. The van der Waals surface area contributed by atoms with Gasteiger partial charge < -0.3 is 26.0 Å². The Morgan fingerprint density at radius 2 is 1.55 bits per heavy atom. The van der Waals surface area contributed by atoms with Crippen LogP contribution in [0.1, 0.15) is 27.2 Å². The molecular weight excluding hydrogens is 288 g/mol. The third kappa shape index (κ3) is 12.1. The van der Waals surface area contributed by atoms with Crippen LogP contribution in [0, 0.1) is 0 Å². The van der Waals surface area contributed by atoms with Gasteiger partial charge in [-0.25, -0.2) is 0 Å². The van der Waals surface area contributed by atoms with Crippen molar-refractivity contribution >= 4 is 11.8 Å². The lowest BCUT2D eigenvalue weighted by molar-refractivity contribution is -0.119. The van der Waals surface area contributed by atoms with E-state index in [4.69, 9.17) is 15.3 Å². The minimum atomic E-state index is -0.890. The number of amides is 2. The van der Waals surface area contributed by atoms with Crippen molar-refractivity contribution in [2.45, 2.75) is 39.3 Å². The Hall–Kier alpha value is -1.70. The summed E-state index contributed by atoms with van der Waals surface area (Å²) in [4.78, 5) is 21.7. The lowest BCUT2D eigenvalue weighted by Crippen LogP contribution is -2.37. The zero-order valence-corrected chi connectivity index (χ0v) is 13.6. The highest BCUT2D eigenvalue weighted by atomic mass is 16.3. The molecule has 0 aromatic heterocycles. The molecule has 128 valence electrons. The fourth-order valence-corrected chi connectivity index (χ4v) is 1.01. The Morgan fingerprint density at radius 3 is 1.86 bits per heavy atom. The molecule has 0 aliphatic heterocycles. The zero-order valence-electron chi connectivity index (χ0n) is 13.6. The van der Waals surface area contributed by atoms with E-state index in [1.807, 2.05) is 6.92 Å². The van der Waals surface area contributed by atoms with Crippen LogP contribution in [-0.2, 0) is 9.59 Å². The summed E-state index contributed by atoms with van der Waals surface area (Å²) in [5.74, 6) is -0.497. The molecule has 0 aliphatic rings. The number of nitrogens with one attached hydrogen (secondary N) is 2. The monoisotopic (exact) mass is 316 g/mol. The van der Waals surface area contributed by atoms with Gasteiger partial charge in [0.1, 0.15) is 0 Å². The maximum atomic E-state index is 10.9. The smallest absolute Gasteiger partial charge is 0.246 e. The number of hydrogen-bond donors (Lipinski definition) is 5. The number of hydrogen-bond acceptors (Lipinski definition) is 5. The Labute approximate surface area is 131 Å². The van der Waals surface area contributed by atoms with Crippen LogP contribution in [0.3, 0.4) is 0 Å². The van der Waals surface area contributed by atoms with Crippen molar-refractivity contribution in [3.63, 3.8) is 0 Å². The van der Waals surface area contributed by atoms with E-state index in [0.29, 0.717) is 11.1 Å². The van der Waals surface area contributed by atoms with Gasteiger partial charge in [-0.1, -0.05) is 20.1 Å². The van der Waals surface area contributed by atoms with Crippen molar-refractivity contribution in [1.29, 1.82) is 0 Å². The Morgan fingerprint density at radius 1 is 1.05 bits per heavy atom. The van der Waals surface area contributed by atoms with Crippen LogP contribution >= 0.6 is 0 Å². The van der Waals surface area contributed by atoms with Gasteiger partial charge in [0.2, 0.25) is 11.8 Å². The summed E-state index contributed by atoms with van der Waals surface area (Å²) in [5.41, 5.74) is 0.854. The van der Waals surface area contributed by atoms with Crippen molar-refractivity contribution in [1.82, 2.24) is 10.6 Å². The molecule has 0 heterocycles. The Bertz CT molecular complexity index is 378. The second kappa shape index (κ2) is 13.0. The maximum absolute atomic E-state index is 10.9. The van der Waals surface area contributed by atoms with Crippen molar-refractivity contribution in [2.24, 2.45) is 0 Å². The van der Waals surface area contributed by atoms with Gasteiger partial charge in [0.15, 0.2) is 0 Å². The van der Waals surface area contributed by atoms with E-state index in [0.717, 1.165) is 6.42 Å². The summed E-state index contributed by atoms with van der Waals surface area (Å²) >= 11 is 0. The van der Waals surface area contributed by atoms with Crippen LogP contribution in [0.2, 0.25) is 0 Å². The van der Waals surface area contributed by atoms with Gasteiger partial charge in [-0.2, -0.15) is 0 Å². The molecule has 0 aromatic carbocycles. The first-order valence-corrected chi connectivity index (χ1v) is 6.99. The molecular formula is C15H28N2O5. The quantitative estimate of drug-likeness (QED) is 0.386. The number of aliphatic hydroxyl groups excluding tert-OH is 3. The molecule has 0 bridgehead atoms. The average Bonchev–Trinajstić information content (AvgIpc) is 2.49. The number of rotatable bonds is 8. The molecule has 0 fully saturated rings.